The van der Waals surface area contributed by atoms with Crippen molar-refractivity contribution in [1.82, 2.24) is 4.57 Å². The number of hydrogen-bond acceptors (Lipinski definition) is 6. The van der Waals surface area contributed by atoms with Crippen LogP contribution in [0.15, 0.2) is 54.6 Å². The van der Waals surface area contributed by atoms with Crippen molar-refractivity contribution < 1.29 is 23.9 Å². The maximum atomic E-state index is 13.7. The van der Waals surface area contributed by atoms with Gasteiger partial charge < -0.3 is 19.4 Å². The molecule has 204 valence electrons. The number of aromatic nitrogens is 1. The zero-order valence-electron chi connectivity index (χ0n) is 22.8. The van der Waals surface area contributed by atoms with Gasteiger partial charge >= 0.3 is 11.9 Å². The Labute approximate surface area is 232 Å². The third kappa shape index (κ3) is 6.06. The molecule has 7 nitrogen and oxygen atoms in total. The standard InChI is InChI=1S/C31H34N2O5S/c1-5-7-18-33-24-16-12-11-15-23(24)20(3)26(33)28(34)32-29-25(30(35)37-6-2)21(4)27(39-29)31(36)38-19-17-22-13-9-8-10-14-22/h8-16H,5-7,17-19H2,1-4H3,(H,32,34). The molecule has 0 unspecified atom stereocenters. The summed E-state index contributed by atoms with van der Waals surface area (Å²) in [7, 11) is 0. The Balaban J connectivity index is 1.64. The molecule has 4 rings (SSSR count). The second-order valence-electron chi connectivity index (χ2n) is 9.30. The SMILES string of the molecule is CCCCn1c(C(=O)Nc2sc(C(=O)OCCc3ccccc3)c(C)c2C(=O)OCC)c(C)c2ccccc21. The monoisotopic (exact) mass is 546 g/mol. The zero-order chi connectivity index (χ0) is 27.9. The second-order valence-corrected chi connectivity index (χ2v) is 10.3. The van der Waals surface area contributed by atoms with Gasteiger partial charge in [-0.25, -0.2) is 9.59 Å². The van der Waals surface area contributed by atoms with Gasteiger partial charge in [-0.3, -0.25) is 4.79 Å². The topological polar surface area (TPSA) is 86.6 Å². The number of ether oxygens (including phenoxy) is 2. The van der Waals surface area contributed by atoms with Gasteiger partial charge in [0, 0.05) is 23.9 Å². The Hall–Kier alpha value is -3.91. The summed E-state index contributed by atoms with van der Waals surface area (Å²) in [6.45, 7) is 8.50. The Morgan fingerprint density at radius 2 is 1.62 bits per heavy atom. The number of rotatable bonds is 11. The fourth-order valence-corrected chi connectivity index (χ4v) is 5.78. The zero-order valence-corrected chi connectivity index (χ0v) is 23.7. The fourth-order valence-electron chi connectivity index (χ4n) is 4.70. The lowest BCUT2D eigenvalue weighted by Gasteiger charge is -2.12. The molecule has 0 radical (unpaired) electrons. The Morgan fingerprint density at radius 1 is 0.897 bits per heavy atom. The van der Waals surface area contributed by atoms with Crippen LogP contribution in [0.1, 0.15) is 73.9 Å². The van der Waals surface area contributed by atoms with Gasteiger partial charge in [-0.1, -0.05) is 61.9 Å². The molecule has 39 heavy (non-hydrogen) atoms. The van der Waals surface area contributed by atoms with Gasteiger partial charge in [-0.15, -0.1) is 11.3 Å². The molecular weight excluding hydrogens is 512 g/mol. The molecule has 8 heteroatoms. The highest BCUT2D eigenvalue weighted by atomic mass is 32.1. The molecule has 2 aromatic heterocycles. The molecule has 0 aliphatic heterocycles. The number of para-hydroxylation sites is 1. The quantitative estimate of drug-likeness (QED) is 0.206. The molecule has 0 aliphatic carbocycles. The van der Waals surface area contributed by atoms with E-state index in [1.807, 2.05) is 66.1 Å². The number of thiophene rings is 1. The number of fused-ring (bicyclic) bond motifs is 1. The summed E-state index contributed by atoms with van der Waals surface area (Å²) >= 11 is 1.04. The van der Waals surface area contributed by atoms with E-state index >= 15 is 0 Å². The lowest BCUT2D eigenvalue weighted by molar-refractivity contribution is 0.0514. The third-order valence-corrected chi connectivity index (χ3v) is 7.87. The molecule has 0 fully saturated rings. The number of unbranched alkanes of at least 4 members (excludes halogenated alkanes) is 1. The van der Waals surface area contributed by atoms with Crippen LogP contribution in [0.3, 0.4) is 0 Å². The number of carbonyl (C=O) groups is 3. The minimum Gasteiger partial charge on any atom is -0.462 e. The summed E-state index contributed by atoms with van der Waals surface area (Å²) in [5.74, 6) is -1.46. The number of amides is 1. The third-order valence-electron chi connectivity index (χ3n) is 6.68. The largest absolute Gasteiger partial charge is 0.462 e. The van der Waals surface area contributed by atoms with E-state index in [0.717, 1.165) is 46.2 Å². The summed E-state index contributed by atoms with van der Waals surface area (Å²) in [6.07, 6.45) is 2.48. The first-order chi connectivity index (χ1) is 18.9. The average molecular weight is 547 g/mol. The maximum absolute atomic E-state index is 13.7. The number of benzene rings is 2. The van der Waals surface area contributed by atoms with Gasteiger partial charge in [0.05, 0.1) is 18.8 Å². The van der Waals surface area contributed by atoms with Gasteiger partial charge in [-0.05, 0) is 49.9 Å². The predicted molar refractivity (Wildman–Crippen MR) is 155 cm³/mol. The van der Waals surface area contributed by atoms with Crippen LogP contribution in [-0.2, 0) is 22.4 Å². The highest BCUT2D eigenvalue weighted by Crippen LogP contribution is 2.35. The molecule has 4 aromatic rings. The molecule has 0 aliphatic rings. The van der Waals surface area contributed by atoms with E-state index in [1.165, 1.54) is 0 Å². The van der Waals surface area contributed by atoms with Crippen molar-refractivity contribution in [3.63, 3.8) is 0 Å². The first kappa shape index (κ1) is 28.1. The molecule has 0 spiro atoms. The molecule has 1 amide bonds. The number of hydrogen-bond donors (Lipinski definition) is 1. The normalized spacial score (nSPS) is 11.0. The van der Waals surface area contributed by atoms with Gasteiger partial charge in [0.25, 0.3) is 5.91 Å². The maximum Gasteiger partial charge on any atom is 0.348 e. The van der Waals surface area contributed by atoms with E-state index in [4.69, 9.17) is 9.47 Å². The van der Waals surface area contributed by atoms with Crippen LogP contribution in [0.25, 0.3) is 10.9 Å². The van der Waals surface area contributed by atoms with Crippen molar-refractivity contribution in [3.8, 4) is 0 Å². The number of esters is 2. The van der Waals surface area contributed by atoms with Crippen LogP contribution >= 0.6 is 11.3 Å². The second kappa shape index (κ2) is 12.8. The molecule has 2 aromatic carbocycles. The van der Waals surface area contributed by atoms with Gasteiger partial charge in [-0.2, -0.15) is 0 Å². The number of carbonyl (C=O) groups excluding carboxylic acids is 3. The summed E-state index contributed by atoms with van der Waals surface area (Å²) in [4.78, 5) is 40.0. The minimum atomic E-state index is -0.590. The Bertz CT molecular complexity index is 1490. The van der Waals surface area contributed by atoms with Crippen molar-refractivity contribution >= 4 is 45.1 Å². The van der Waals surface area contributed by atoms with E-state index in [0.29, 0.717) is 24.2 Å². The smallest absolute Gasteiger partial charge is 0.348 e. The van der Waals surface area contributed by atoms with Crippen LogP contribution in [0.5, 0.6) is 0 Å². The highest BCUT2D eigenvalue weighted by molar-refractivity contribution is 7.18. The molecule has 2 heterocycles. The number of nitrogens with one attached hydrogen (secondary N) is 1. The van der Waals surface area contributed by atoms with E-state index in [1.54, 1.807) is 13.8 Å². The first-order valence-electron chi connectivity index (χ1n) is 13.3. The van der Waals surface area contributed by atoms with E-state index in [-0.39, 0.29) is 34.6 Å². The average Bonchev–Trinajstić information content (AvgIpc) is 3.41. The van der Waals surface area contributed by atoms with Crippen molar-refractivity contribution in [2.45, 2.75) is 53.5 Å². The summed E-state index contributed by atoms with van der Waals surface area (Å²) in [6, 6.07) is 17.7. The van der Waals surface area contributed by atoms with Crippen molar-refractivity contribution in [2.24, 2.45) is 0 Å². The molecule has 1 N–H and O–H groups in total. The lowest BCUT2D eigenvalue weighted by atomic mass is 10.1. The van der Waals surface area contributed by atoms with Gasteiger partial charge in [0.2, 0.25) is 0 Å². The Kier molecular flexibility index (Phi) is 9.19. The number of aryl methyl sites for hydroxylation is 2. The summed E-state index contributed by atoms with van der Waals surface area (Å²) in [5.41, 5.74) is 4.07. The van der Waals surface area contributed by atoms with Crippen molar-refractivity contribution in [1.29, 1.82) is 0 Å². The van der Waals surface area contributed by atoms with E-state index in [2.05, 4.69) is 12.2 Å². The van der Waals surface area contributed by atoms with Gasteiger partial charge in [0.15, 0.2) is 0 Å². The summed E-state index contributed by atoms with van der Waals surface area (Å²) in [5, 5.41) is 4.22. The molecule has 0 saturated carbocycles. The number of anilines is 1. The summed E-state index contributed by atoms with van der Waals surface area (Å²) < 4.78 is 12.8. The van der Waals surface area contributed by atoms with Crippen molar-refractivity contribution in [2.75, 3.05) is 18.5 Å². The molecule has 0 saturated heterocycles. The predicted octanol–water partition coefficient (Wildman–Crippen LogP) is 6.95. The highest BCUT2D eigenvalue weighted by Gasteiger charge is 2.29. The molecule has 0 atom stereocenters. The van der Waals surface area contributed by atoms with Crippen LogP contribution in [0.4, 0.5) is 5.00 Å². The van der Waals surface area contributed by atoms with Crippen LogP contribution in [-0.4, -0.2) is 35.6 Å². The van der Waals surface area contributed by atoms with Crippen LogP contribution in [0, 0.1) is 13.8 Å². The fraction of sp³-hybridized carbons (Fsp3) is 0.323. The molecular formula is C31H34N2O5S. The van der Waals surface area contributed by atoms with Crippen LogP contribution < -0.4 is 5.32 Å². The Morgan fingerprint density at radius 3 is 2.33 bits per heavy atom. The first-order valence-corrected chi connectivity index (χ1v) is 14.1. The van der Waals surface area contributed by atoms with Gasteiger partial charge in [0.1, 0.15) is 15.6 Å². The van der Waals surface area contributed by atoms with Crippen LogP contribution in [0.2, 0.25) is 0 Å². The van der Waals surface area contributed by atoms with E-state index in [9.17, 15) is 14.4 Å². The minimum absolute atomic E-state index is 0.169. The number of nitrogens with zero attached hydrogens (tertiary/aromatic N) is 1. The lowest BCUT2D eigenvalue weighted by Crippen LogP contribution is -2.19. The molecule has 0 bridgehead atoms. The van der Waals surface area contributed by atoms with Crippen molar-refractivity contribution in [3.05, 3.63) is 87.4 Å². The van der Waals surface area contributed by atoms with E-state index < -0.39 is 11.9 Å².